The van der Waals surface area contributed by atoms with Gasteiger partial charge in [0.15, 0.2) is 0 Å². The molecule has 0 unspecified atom stereocenters. The maximum absolute atomic E-state index is 6.54. The number of para-hydroxylation sites is 1. The van der Waals surface area contributed by atoms with Crippen molar-refractivity contribution in [3.63, 3.8) is 0 Å². The predicted octanol–water partition coefficient (Wildman–Crippen LogP) is 13.8. The molecule has 9 aromatic rings. The normalized spacial score (nSPS) is 13.1. The zero-order valence-corrected chi connectivity index (χ0v) is 28.6. The molecular weight excluding hydrogens is 619 g/mol. The van der Waals surface area contributed by atoms with Crippen LogP contribution in [0.15, 0.2) is 180 Å². The van der Waals surface area contributed by atoms with Crippen molar-refractivity contribution in [3.05, 3.63) is 187 Å². The third-order valence-electron chi connectivity index (χ3n) is 10.9. The quantitative estimate of drug-likeness (QED) is 0.184. The highest BCUT2D eigenvalue weighted by molar-refractivity contribution is 6.09. The number of furan rings is 1. The van der Waals surface area contributed by atoms with Crippen LogP contribution < -0.4 is 4.90 Å². The van der Waals surface area contributed by atoms with Gasteiger partial charge in [0.1, 0.15) is 11.2 Å². The van der Waals surface area contributed by atoms with Gasteiger partial charge < -0.3 is 9.32 Å². The molecule has 2 heteroatoms. The number of anilines is 3. The van der Waals surface area contributed by atoms with Crippen molar-refractivity contribution in [2.75, 3.05) is 4.90 Å². The molecule has 8 aromatic carbocycles. The van der Waals surface area contributed by atoms with E-state index in [9.17, 15) is 0 Å². The first-order valence-electron chi connectivity index (χ1n) is 17.7. The summed E-state index contributed by atoms with van der Waals surface area (Å²) < 4.78 is 6.54. The maximum Gasteiger partial charge on any atom is 0.137 e. The average Bonchev–Trinajstić information content (AvgIpc) is 3.66. The van der Waals surface area contributed by atoms with Crippen molar-refractivity contribution < 1.29 is 4.42 Å². The number of benzene rings is 8. The first-order chi connectivity index (χ1) is 25.0. The molecule has 0 spiro atoms. The van der Waals surface area contributed by atoms with Crippen molar-refractivity contribution in [3.8, 4) is 33.4 Å². The summed E-state index contributed by atoms with van der Waals surface area (Å²) in [7, 11) is 0. The Balaban J connectivity index is 1.20. The summed E-state index contributed by atoms with van der Waals surface area (Å²) in [6.45, 7) is 4.69. The lowest BCUT2D eigenvalue weighted by Crippen LogP contribution is -2.17. The molecule has 10 rings (SSSR count). The second kappa shape index (κ2) is 11.3. The molecule has 0 N–H and O–H groups in total. The molecule has 1 aromatic heterocycles. The van der Waals surface area contributed by atoms with E-state index in [4.69, 9.17) is 4.42 Å². The van der Waals surface area contributed by atoms with Crippen LogP contribution in [0.3, 0.4) is 0 Å². The smallest absolute Gasteiger partial charge is 0.137 e. The van der Waals surface area contributed by atoms with E-state index in [1.165, 1.54) is 44.2 Å². The molecule has 1 aliphatic carbocycles. The first-order valence-corrected chi connectivity index (χ1v) is 17.7. The first kappa shape index (κ1) is 29.5. The fourth-order valence-corrected chi connectivity index (χ4v) is 8.22. The van der Waals surface area contributed by atoms with Crippen LogP contribution in [0.5, 0.6) is 0 Å². The van der Waals surface area contributed by atoms with E-state index in [2.05, 4.69) is 189 Å². The summed E-state index contributed by atoms with van der Waals surface area (Å²) in [5.41, 5.74) is 14.9. The lowest BCUT2D eigenvalue weighted by atomic mass is 9.82. The standard InChI is InChI=1S/C49H35NO/c1-49(2)44-18-10-8-16-39(44)40-27-26-38(29-45(40)49)50(37-24-22-33(23-25-37)36-21-20-32-12-6-7-15-35(32)28-36)46-31-48-43(41-17-9-11-19-47(41)51-48)30-42(46)34-13-4-3-5-14-34/h3-31H,1-2H3. The Hall–Kier alpha value is -6.38. The van der Waals surface area contributed by atoms with Crippen molar-refractivity contribution in [2.45, 2.75) is 19.3 Å². The predicted molar refractivity (Wildman–Crippen MR) is 214 cm³/mol. The van der Waals surface area contributed by atoms with Gasteiger partial charge in [0.2, 0.25) is 0 Å². The molecule has 51 heavy (non-hydrogen) atoms. The molecule has 1 aliphatic rings. The fraction of sp³-hybridized carbons (Fsp3) is 0.0612. The number of hydrogen-bond donors (Lipinski definition) is 0. The zero-order valence-electron chi connectivity index (χ0n) is 28.6. The molecule has 0 radical (unpaired) electrons. The second-order valence-corrected chi connectivity index (χ2v) is 14.2. The third kappa shape index (κ3) is 4.71. The van der Waals surface area contributed by atoms with Crippen LogP contribution in [0.4, 0.5) is 17.1 Å². The van der Waals surface area contributed by atoms with Crippen molar-refractivity contribution in [1.29, 1.82) is 0 Å². The van der Waals surface area contributed by atoms with Gasteiger partial charge in [-0.05, 0) is 92.2 Å². The van der Waals surface area contributed by atoms with Gasteiger partial charge in [-0.2, -0.15) is 0 Å². The summed E-state index contributed by atoms with van der Waals surface area (Å²) in [4.78, 5) is 2.42. The third-order valence-corrected chi connectivity index (χ3v) is 10.9. The average molecular weight is 654 g/mol. The van der Waals surface area contributed by atoms with E-state index in [0.717, 1.165) is 50.1 Å². The van der Waals surface area contributed by atoms with Crippen LogP contribution in [-0.4, -0.2) is 0 Å². The van der Waals surface area contributed by atoms with Gasteiger partial charge in [-0.3, -0.25) is 0 Å². The lowest BCUT2D eigenvalue weighted by molar-refractivity contribution is 0.660. The van der Waals surface area contributed by atoms with Crippen LogP contribution in [0.25, 0.3) is 66.1 Å². The van der Waals surface area contributed by atoms with Crippen molar-refractivity contribution in [2.24, 2.45) is 0 Å². The lowest BCUT2D eigenvalue weighted by Gasteiger charge is -2.30. The van der Waals surface area contributed by atoms with Crippen LogP contribution >= 0.6 is 0 Å². The molecule has 0 fully saturated rings. The van der Waals surface area contributed by atoms with Crippen LogP contribution in [0.2, 0.25) is 0 Å². The van der Waals surface area contributed by atoms with Gasteiger partial charge in [-0.15, -0.1) is 0 Å². The Morgan fingerprint density at radius 1 is 0.412 bits per heavy atom. The van der Waals surface area contributed by atoms with Gasteiger partial charge in [-0.1, -0.05) is 141 Å². The number of hydrogen-bond acceptors (Lipinski definition) is 2. The molecule has 0 atom stereocenters. The Bertz CT molecular complexity index is 2770. The van der Waals surface area contributed by atoms with Gasteiger partial charge in [-0.25, -0.2) is 0 Å². The van der Waals surface area contributed by atoms with E-state index < -0.39 is 0 Å². The summed E-state index contributed by atoms with van der Waals surface area (Å²) in [6, 6.07) is 63.8. The van der Waals surface area contributed by atoms with E-state index in [0.29, 0.717) is 0 Å². The molecular formula is C49H35NO. The highest BCUT2D eigenvalue weighted by Crippen LogP contribution is 2.52. The van der Waals surface area contributed by atoms with E-state index >= 15 is 0 Å². The Kier molecular flexibility index (Phi) is 6.56. The van der Waals surface area contributed by atoms with E-state index in [1.807, 2.05) is 6.07 Å². The largest absolute Gasteiger partial charge is 0.456 e. The molecule has 0 aliphatic heterocycles. The Labute approximate surface area is 297 Å². The SMILES string of the molecule is CC1(C)c2ccccc2-c2ccc(N(c3ccc(-c4ccc5ccccc5c4)cc3)c3cc4oc5ccccc5c4cc3-c3ccccc3)cc21. The number of nitrogens with zero attached hydrogens (tertiary/aromatic N) is 1. The fourth-order valence-electron chi connectivity index (χ4n) is 8.22. The molecule has 0 bridgehead atoms. The van der Waals surface area contributed by atoms with Gasteiger partial charge in [0, 0.05) is 39.2 Å². The minimum absolute atomic E-state index is 0.126. The summed E-state index contributed by atoms with van der Waals surface area (Å²) >= 11 is 0. The molecule has 1 heterocycles. The molecule has 0 saturated carbocycles. The molecule has 242 valence electrons. The van der Waals surface area contributed by atoms with Gasteiger partial charge in [0.05, 0.1) is 5.69 Å². The van der Waals surface area contributed by atoms with Crippen LogP contribution in [-0.2, 0) is 5.41 Å². The Morgan fingerprint density at radius 3 is 1.96 bits per heavy atom. The monoisotopic (exact) mass is 653 g/mol. The van der Waals surface area contributed by atoms with E-state index in [1.54, 1.807) is 0 Å². The molecule has 2 nitrogen and oxygen atoms in total. The summed E-state index contributed by atoms with van der Waals surface area (Å²) in [6.07, 6.45) is 0. The Morgan fingerprint density at radius 2 is 1.10 bits per heavy atom. The summed E-state index contributed by atoms with van der Waals surface area (Å²) in [5.74, 6) is 0. The minimum atomic E-state index is -0.126. The highest BCUT2D eigenvalue weighted by Gasteiger charge is 2.36. The topological polar surface area (TPSA) is 16.4 Å². The zero-order chi connectivity index (χ0) is 34.1. The van der Waals surface area contributed by atoms with Crippen molar-refractivity contribution in [1.82, 2.24) is 0 Å². The molecule has 0 saturated heterocycles. The van der Waals surface area contributed by atoms with Gasteiger partial charge in [0.25, 0.3) is 0 Å². The van der Waals surface area contributed by atoms with Crippen LogP contribution in [0, 0.1) is 0 Å². The number of fused-ring (bicyclic) bond motifs is 7. The van der Waals surface area contributed by atoms with Gasteiger partial charge >= 0.3 is 0 Å². The molecule has 0 amide bonds. The maximum atomic E-state index is 6.54. The minimum Gasteiger partial charge on any atom is -0.456 e. The van der Waals surface area contributed by atoms with Crippen molar-refractivity contribution >= 4 is 49.8 Å². The second-order valence-electron chi connectivity index (χ2n) is 14.2. The van der Waals surface area contributed by atoms with E-state index in [-0.39, 0.29) is 5.41 Å². The number of rotatable bonds is 5. The highest BCUT2D eigenvalue weighted by atomic mass is 16.3. The summed E-state index contributed by atoms with van der Waals surface area (Å²) in [5, 5.41) is 4.74. The van der Waals surface area contributed by atoms with Crippen LogP contribution in [0.1, 0.15) is 25.0 Å².